The molecule has 11 nitrogen and oxygen atoms in total. The van der Waals surface area contributed by atoms with Gasteiger partial charge in [0, 0.05) is 32.7 Å². The summed E-state index contributed by atoms with van der Waals surface area (Å²) in [7, 11) is 4.47. The Hall–Kier alpha value is -3.61. The fourth-order valence-corrected chi connectivity index (χ4v) is 5.24. The highest BCUT2D eigenvalue weighted by Gasteiger charge is 2.17. The molecule has 0 bridgehead atoms. The van der Waals surface area contributed by atoms with Crippen LogP contribution in [0.2, 0.25) is 0 Å². The first-order valence-electron chi connectivity index (χ1n) is 13.0. The lowest BCUT2D eigenvalue weighted by molar-refractivity contribution is -0.118. The molecule has 1 amide bonds. The normalized spacial score (nSPS) is 13.7. The average Bonchev–Trinajstić information content (AvgIpc) is 2.99. The van der Waals surface area contributed by atoms with Crippen molar-refractivity contribution in [1.29, 1.82) is 0 Å². The van der Waals surface area contributed by atoms with Crippen LogP contribution in [0.4, 0.5) is 0 Å². The van der Waals surface area contributed by atoms with Gasteiger partial charge in [0.25, 0.3) is 5.56 Å². The van der Waals surface area contributed by atoms with E-state index in [0.717, 1.165) is 18.7 Å². The van der Waals surface area contributed by atoms with Crippen molar-refractivity contribution >= 4 is 34.5 Å². The number of thioether (sulfide) groups is 1. The molecule has 2 aromatic carbocycles. The van der Waals surface area contributed by atoms with Crippen molar-refractivity contribution in [2.45, 2.75) is 18.1 Å². The van der Waals surface area contributed by atoms with E-state index in [2.05, 4.69) is 15.2 Å². The molecule has 1 saturated heterocycles. The summed E-state index contributed by atoms with van der Waals surface area (Å²) in [6.07, 6.45) is 0.617. The number of hydrogen-bond donors (Lipinski definition) is 1. The number of benzene rings is 2. The number of fused-ring (bicyclic) bond motifs is 1. The fourth-order valence-electron chi connectivity index (χ4n) is 4.38. The highest BCUT2D eigenvalue weighted by molar-refractivity contribution is 7.99. The van der Waals surface area contributed by atoms with Crippen molar-refractivity contribution in [2.24, 2.45) is 0 Å². The molecule has 0 aliphatic carbocycles. The smallest absolute Gasteiger partial charge is 0.337 e. The van der Waals surface area contributed by atoms with E-state index in [-0.39, 0.29) is 17.2 Å². The molecule has 1 aliphatic heterocycles. The van der Waals surface area contributed by atoms with E-state index in [1.54, 1.807) is 37.0 Å². The van der Waals surface area contributed by atoms with Gasteiger partial charge in [0.2, 0.25) is 5.91 Å². The Morgan fingerprint density at radius 2 is 1.80 bits per heavy atom. The molecule has 40 heavy (non-hydrogen) atoms. The topological polar surface area (TPSA) is 121 Å². The third kappa shape index (κ3) is 7.32. The minimum Gasteiger partial charge on any atom is -0.493 e. The summed E-state index contributed by atoms with van der Waals surface area (Å²) in [5.74, 6) is 0.673. The van der Waals surface area contributed by atoms with Crippen LogP contribution in [0.15, 0.2) is 46.3 Å². The first-order chi connectivity index (χ1) is 19.4. The Morgan fingerprint density at radius 3 is 2.52 bits per heavy atom. The van der Waals surface area contributed by atoms with Crippen molar-refractivity contribution in [3.63, 3.8) is 0 Å². The van der Waals surface area contributed by atoms with Gasteiger partial charge in [0.05, 0.1) is 56.8 Å². The number of rotatable bonds is 12. The van der Waals surface area contributed by atoms with Gasteiger partial charge in [-0.1, -0.05) is 17.8 Å². The van der Waals surface area contributed by atoms with Crippen LogP contribution in [0, 0.1) is 0 Å². The lowest BCUT2D eigenvalue weighted by Crippen LogP contribution is -2.39. The first kappa shape index (κ1) is 29.4. The van der Waals surface area contributed by atoms with E-state index in [1.807, 2.05) is 18.2 Å². The largest absolute Gasteiger partial charge is 0.493 e. The Morgan fingerprint density at radius 1 is 1.02 bits per heavy atom. The molecule has 1 aromatic heterocycles. The molecule has 0 unspecified atom stereocenters. The van der Waals surface area contributed by atoms with Crippen LogP contribution in [-0.2, 0) is 27.2 Å². The molecule has 1 fully saturated rings. The van der Waals surface area contributed by atoms with Crippen LogP contribution in [-0.4, -0.2) is 92.8 Å². The molecule has 214 valence electrons. The molecule has 4 rings (SSSR count). The summed E-state index contributed by atoms with van der Waals surface area (Å²) in [6, 6.07) is 10.3. The van der Waals surface area contributed by atoms with E-state index >= 15 is 0 Å². The molecule has 0 radical (unpaired) electrons. The number of ether oxygens (including phenoxy) is 4. The molecule has 1 aliphatic rings. The lowest BCUT2D eigenvalue weighted by atomic mass is 10.1. The Balaban J connectivity index is 1.46. The molecule has 12 heteroatoms. The maximum atomic E-state index is 13.5. The predicted molar refractivity (Wildman–Crippen MR) is 152 cm³/mol. The van der Waals surface area contributed by atoms with Crippen molar-refractivity contribution in [1.82, 2.24) is 19.8 Å². The number of amides is 1. The van der Waals surface area contributed by atoms with E-state index in [9.17, 15) is 14.4 Å². The number of nitrogens with one attached hydrogen (secondary N) is 1. The Kier molecular flexibility index (Phi) is 10.4. The monoisotopic (exact) mass is 570 g/mol. The predicted octanol–water partition coefficient (Wildman–Crippen LogP) is 1.98. The Labute approximate surface area is 236 Å². The summed E-state index contributed by atoms with van der Waals surface area (Å²) >= 11 is 1.19. The van der Waals surface area contributed by atoms with Gasteiger partial charge in [-0.2, -0.15) is 0 Å². The first-order valence-corrected chi connectivity index (χ1v) is 14.0. The molecular formula is C28H34N4O7S. The fraction of sp³-hybridized carbons (Fsp3) is 0.429. The summed E-state index contributed by atoms with van der Waals surface area (Å²) in [5.41, 5.74) is 1.47. The van der Waals surface area contributed by atoms with Crippen LogP contribution < -0.4 is 20.3 Å². The summed E-state index contributed by atoms with van der Waals surface area (Å²) in [4.78, 5) is 45.1. The standard InChI is InChI=1S/C28H34N4O7S/c1-36-23-7-4-19(16-24(23)37-2)8-9-29-25(33)18-40-28-30-22-17-20(27(35)38-3)5-6-21(22)26(34)32(28)11-10-31-12-14-39-15-13-31/h4-7,16-17H,8-15,18H2,1-3H3,(H,29,33). The molecule has 0 spiro atoms. The molecule has 2 heterocycles. The molecule has 1 N–H and O–H groups in total. The van der Waals surface area contributed by atoms with Crippen molar-refractivity contribution < 1.29 is 28.5 Å². The van der Waals surface area contributed by atoms with Gasteiger partial charge < -0.3 is 24.3 Å². The van der Waals surface area contributed by atoms with Crippen LogP contribution in [0.3, 0.4) is 0 Å². The SMILES string of the molecule is COC(=O)c1ccc2c(=O)n(CCN3CCOCC3)c(SCC(=O)NCCc3ccc(OC)c(OC)c3)nc2c1. The van der Waals surface area contributed by atoms with Gasteiger partial charge in [0.1, 0.15) is 0 Å². The number of carbonyl (C=O) groups excluding carboxylic acids is 2. The van der Waals surface area contributed by atoms with Gasteiger partial charge in [0.15, 0.2) is 16.7 Å². The highest BCUT2D eigenvalue weighted by Crippen LogP contribution is 2.27. The zero-order chi connectivity index (χ0) is 28.5. The van der Waals surface area contributed by atoms with Crippen molar-refractivity contribution in [3.05, 3.63) is 57.9 Å². The number of hydrogen-bond acceptors (Lipinski definition) is 10. The highest BCUT2D eigenvalue weighted by atomic mass is 32.2. The third-order valence-electron chi connectivity index (χ3n) is 6.60. The number of carbonyl (C=O) groups is 2. The maximum absolute atomic E-state index is 13.5. The van der Waals surface area contributed by atoms with Crippen LogP contribution in [0.5, 0.6) is 11.5 Å². The van der Waals surface area contributed by atoms with Crippen molar-refractivity contribution in [3.8, 4) is 11.5 Å². The van der Waals surface area contributed by atoms with E-state index < -0.39 is 5.97 Å². The second-order valence-corrected chi connectivity index (χ2v) is 10.0. The minimum absolute atomic E-state index is 0.0815. The second-order valence-electron chi connectivity index (χ2n) is 9.11. The zero-order valence-electron chi connectivity index (χ0n) is 22.9. The minimum atomic E-state index is -0.511. The number of methoxy groups -OCH3 is 3. The molecule has 0 saturated carbocycles. The van der Waals surface area contributed by atoms with E-state index in [1.165, 1.54) is 18.9 Å². The maximum Gasteiger partial charge on any atom is 0.337 e. The van der Waals surface area contributed by atoms with Gasteiger partial charge in [-0.3, -0.25) is 19.1 Å². The summed E-state index contributed by atoms with van der Waals surface area (Å²) in [6.45, 7) is 4.42. The summed E-state index contributed by atoms with van der Waals surface area (Å²) in [5, 5.41) is 3.74. The lowest BCUT2D eigenvalue weighted by Gasteiger charge is -2.27. The van der Waals surface area contributed by atoms with Crippen LogP contribution in [0.1, 0.15) is 15.9 Å². The van der Waals surface area contributed by atoms with E-state index in [0.29, 0.717) is 72.4 Å². The second kappa shape index (κ2) is 14.1. The number of nitrogens with zero attached hydrogens (tertiary/aromatic N) is 3. The molecular weight excluding hydrogens is 536 g/mol. The van der Waals surface area contributed by atoms with Crippen LogP contribution >= 0.6 is 11.8 Å². The van der Waals surface area contributed by atoms with E-state index in [4.69, 9.17) is 18.9 Å². The third-order valence-corrected chi connectivity index (χ3v) is 7.58. The molecule has 0 atom stereocenters. The van der Waals surface area contributed by atoms with Crippen LogP contribution in [0.25, 0.3) is 10.9 Å². The van der Waals surface area contributed by atoms with Crippen molar-refractivity contribution in [2.75, 3.05) is 66.5 Å². The Bertz CT molecular complexity index is 1410. The van der Waals surface area contributed by atoms with Gasteiger partial charge in [-0.05, 0) is 42.3 Å². The quantitative estimate of drug-likeness (QED) is 0.197. The van der Waals surface area contributed by atoms with Gasteiger partial charge in [-0.15, -0.1) is 0 Å². The van der Waals surface area contributed by atoms with Gasteiger partial charge in [-0.25, -0.2) is 9.78 Å². The average molecular weight is 571 g/mol. The zero-order valence-corrected chi connectivity index (χ0v) is 23.8. The molecule has 3 aromatic rings. The number of esters is 1. The summed E-state index contributed by atoms with van der Waals surface area (Å²) < 4.78 is 22.5. The van der Waals surface area contributed by atoms with Gasteiger partial charge >= 0.3 is 5.97 Å². The number of aromatic nitrogens is 2. The number of morpholine rings is 1.